The average molecular weight is 233 g/mol. The molecule has 0 aliphatic carbocycles. The van der Waals surface area contributed by atoms with Gasteiger partial charge in [-0.15, -0.1) is 0 Å². The van der Waals surface area contributed by atoms with Crippen molar-refractivity contribution in [1.82, 2.24) is 4.98 Å². The molecule has 4 nitrogen and oxygen atoms in total. The quantitative estimate of drug-likeness (QED) is 0.630. The molecule has 2 aromatic heterocycles. The van der Waals surface area contributed by atoms with Gasteiger partial charge < -0.3 is 10.2 Å². The second kappa shape index (κ2) is 4.40. The molecule has 2 aromatic rings. The number of aromatic nitrogens is 1. The van der Waals surface area contributed by atoms with E-state index in [1.54, 1.807) is 12.3 Å². The molecule has 0 saturated carbocycles. The molecule has 82 valence electrons. The first-order chi connectivity index (χ1) is 7.66. The normalized spacial score (nSPS) is 10.3. The largest absolute Gasteiger partial charge is 0.468 e. The Morgan fingerprint density at radius 2 is 2.25 bits per heavy atom. The Balaban J connectivity index is 2.25. The molecule has 16 heavy (non-hydrogen) atoms. The number of furan rings is 1. The maximum Gasteiger partial charge on any atom is 0.141 e. The fourth-order valence-electron chi connectivity index (χ4n) is 1.21. The van der Waals surface area contributed by atoms with Gasteiger partial charge in [0, 0.05) is 0 Å². The van der Waals surface area contributed by atoms with Crippen molar-refractivity contribution >= 4 is 17.6 Å². The zero-order valence-corrected chi connectivity index (χ0v) is 9.54. The maximum absolute atomic E-state index is 7.31. The van der Waals surface area contributed by atoms with Gasteiger partial charge in [-0.2, -0.15) is 0 Å². The van der Waals surface area contributed by atoms with Crippen molar-refractivity contribution in [3.63, 3.8) is 0 Å². The van der Waals surface area contributed by atoms with E-state index in [1.165, 1.54) is 11.8 Å². The lowest BCUT2D eigenvalue weighted by Gasteiger charge is -2.01. The Morgan fingerprint density at radius 1 is 1.44 bits per heavy atom. The van der Waals surface area contributed by atoms with Gasteiger partial charge in [-0.1, -0.05) is 17.8 Å². The molecule has 0 fully saturated rings. The number of amidine groups is 1. The number of nitrogen functional groups attached to an aromatic ring is 1. The van der Waals surface area contributed by atoms with Gasteiger partial charge in [0.05, 0.1) is 11.2 Å². The third-order valence-corrected chi connectivity index (χ3v) is 3.11. The Labute approximate surface area is 97.4 Å². The smallest absolute Gasteiger partial charge is 0.141 e. The zero-order chi connectivity index (χ0) is 11.5. The van der Waals surface area contributed by atoms with Crippen LogP contribution in [0.25, 0.3) is 0 Å². The van der Waals surface area contributed by atoms with Crippen LogP contribution < -0.4 is 5.73 Å². The second-order valence-corrected chi connectivity index (χ2v) is 4.28. The SMILES string of the molecule is Cc1occc1Sc1cccc(C(=N)N)n1. The summed E-state index contributed by atoms with van der Waals surface area (Å²) in [6.07, 6.45) is 1.65. The first-order valence-corrected chi connectivity index (χ1v) is 5.52. The van der Waals surface area contributed by atoms with E-state index >= 15 is 0 Å². The van der Waals surface area contributed by atoms with Gasteiger partial charge in [0.2, 0.25) is 0 Å². The van der Waals surface area contributed by atoms with Crippen molar-refractivity contribution < 1.29 is 4.42 Å². The van der Waals surface area contributed by atoms with Gasteiger partial charge in [0.15, 0.2) is 0 Å². The molecule has 0 bridgehead atoms. The standard InChI is InChI=1S/C11H11N3OS/c1-7-9(5-6-15-7)16-10-4-2-3-8(14-10)11(12)13/h2-6H,1H3,(H3,12,13). The van der Waals surface area contributed by atoms with Crippen molar-refractivity contribution in [2.75, 3.05) is 0 Å². The van der Waals surface area contributed by atoms with Crippen LogP contribution in [0.15, 0.2) is 44.9 Å². The molecular formula is C11H11N3OS. The Kier molecular flexibility index (Phi) is 2.96. The topological polar surface area (TPSA) is 75.9 Å². The van der Waals surface area contributed by atoms with E-state index in [2.05, 4.69) is 4.98 Å². The number of nitrogens with two attached hydrogens (primary N) is 1. The predicted octanol–water partition coefficient (Wildman–Crippen LogP) is 2.42. The van der Waals surface area contributed by atoms with Gasteiger partial charge in [-0.25, -0.2) is 4.98 Å². The molecule has 0 aliphatic rings. The fraction of sp³-hybridized carbons (Fsp3) is 0.0909. The van der Waals surface area contributed by atoms with Gasteiger partial charge in [0.25, 0.3) is 0 Å². The summed E-state index contributed by atoms with van der Waals surface area (Å²) < 4.78 is 5.20. The third-order valence-electron chi connectivity index (χ3n) is 2.03. The summed E-state index contributed by atoms with van der Waals surface area (Å²) in [6, 6.07) is 7.32. The Hall–Kier alpha value is -1.75. The Bertz CT molecular complexity index is 521. The number of hydrogen-bond donors (Lipinski definition) is 2. The van der Waals surface area contributed by atoms with Crippen LogP contribution in [0.5, 0.6) is 0 Å². The van der Waals surface area contributed by atoms with Crippen LogP contribution >= 0.6 is 11.8 Å². The summed E-state index contributed by atoms with van der Waals surface area (Å²) >= 11 is 1.50. The van der Waals surface area contributed by atoms with Crippen LogP contribution in [0.4, 0.5) is 0 Å². The number of nitrogens with one attached hydrogen (secondary N) is 1. The molecule has 0 saturated heterocycles. The van der Waals surface area contributed by atoms with E-state index in [4.69, 9.17) is 15.6 Å². The number of pyridine rings is 1. The summed E-state index contributed by atoms with van der Waals surface area (Å²) in [7, 11) is 0. The average Bonchev–Trinajstić information content (AvgIpc) is 2.65. The molecule has 0 radical (unpaired) electrons. The van der Waals surface area contributed by atoms with Crippen LogP contribution in [0.2, 0.25) is 0 Å². The predicted molar refractivity (Wildman–Crippen MR) is 62.8 cm³/mol. The highest BCUT2D eigenvalue weighted by Crippen LogP contribution is 2.29. The lowest BCUT2D eigenvalue weighted by molar-refractivity contribution is 0.527. The number of aryl methyl sites for hydroxylation is 1. The maximum atomic E-state index is 7.31. The van der Waals surface area contributed by atoms with Gasteiger partial charge in [0.1, 0.15) is 22.3 Å². The van der Waals surface area contributed by atoms with Crippen molar-refractivity contribution in [2.24, 2.45) is 5.73 Å². The van der Waals surface area contributed by atoms with Gasteiger partial charge in [-0.05, 0) is 25.1 Å². The number of nitrogens with zero attached hydrogens (tertiary/aromatic N) is 1. The van der Waals surface area contributed by atoms with E-state index < -0.39 is 0 Å². The summed E-state index contributed by atoms with van der Waals surface area (Å²) in [5.41, 5.74) is 5.87. The van der Waals surface area contributed by atoms with Crippen LogP contribution in [0.3, 0.4) is 0 Å². The third kappa shape index (κ3) is 2.25. The zero-order valence-electron chi connectivity index (χ0n) is 8.73. The minimum Gasteiger partial charge on any atom is -0.468 e. The summed E-state index contributed by atoms with van der Waals surface area (Å²) in [6.45, 7) is 1.90. The van der Waals surface area contributed by atoms with Gasteiger partial charge >= 0.3 is 0 Å². The van der Waals surface area contributed by atoms with E-state index in [0.717, 1.165) is 15.7 Å². The van der Waals surface area contributed by atoms with Gasteiger partial charge in [-0.3, -0.25) is 5.41 Å². The highest BCUT2D eigenvalue weighted by molar-refractivity contribution is 7.99. The fourth-order valence-corrected chi connectivity index (χ4v) is 2.04. The van der Waals surface area contributed by atoms with E-state index in [9.17, 15) is 0 Å². The molecule has 0 spiro atoms. The lowest BCUT2D eigenvalue weighted by atomic mass is 10.3. The molecule has 0 amide bonds. The molecule has 0 atom stereocenters. The first-order valence-electron chi connectivity index (χ1n) is 4.70. The van der Waals surface area contributed by atoms with Crippen molar-refractivity contribution in [1.29, 1.82) is 5.41 Å². The molecule has 2 rings (SSSR count). The first kappa shape index (κ1) is 10.8. The molecule has 0 aliphatic heterocycles. The van der Waals surface area contributed by atoms with Crippen LogP contribution in [0.1, 0.15) is 11.5 Å². The van der Waals surface area contributed by atoms with E-state index in [1.807, 2.05) is 25.1 Å². The number of hydrogen-bond acceptors (Lipinski definition) is 4. The molecule has 5 heteroatoms. The summed E-state index contributed by atoms with van der Waals surface area (Å²) in [5.74, 6) is 0.839. The Morgan fingerprint density at radius 3 is 2.88 bits per heavy atom. The summed E-state index contributed by atoms with van der Waals surface area (Å²) in [4.78, 5) is 5.28. The molecule has 2 heterocycles. The van der Waals surface area contributed by atoms with E-state index in [-0.39, 0.29) is 5.84 Å². The minimum atomic E-state index is -0.0219. The second-order valence-electron chi connectivity index (χ2n) is 3.22. The monoisotopic (exact) mass is 233 g/mol. The van der Waals surface area contributed by atoms with Crippen LogP contribution in [-0.2, 0) is 0 Å². The highest BCUT2D eigenvalue weighted by Gasteiger charge is 2.06. The number of rotatable bonds is 3. The van der Waals surface area contributed by atoms with Crippen molar-refractivity contribution in [3.05, 3.63) is 42.0 Å². The lowest BCUT2D eigenvalue weighted by Crippen LogP contribution is -2.12. The summed E-state index contributed by atoms with van der Waals surface area (Å²) in [5, 5.41) is 8.11. The van der Waals surface area contributed by atoms with Crippen molar-refractivity contribution in [3.8, 4) is 0 Å². The molecule has 0 aromatic carbocycles. The molecule has 3 N–H and O–H groups in total. The minimum absolute atomic E-state index is 0.0219. The highest BCUT2D eigenvalue weighted by atomic mass is 32.2. The van der Waals surface area contributed by atoms with E-state index in [0.29, 0.717) is 5.69 Å². The van der Waals surface area contributed by atoms with Crippen molar-refractivity contribution in [2.45, 2.75) is 16.8 Å². The molecule has 0 unspecified atom stereocenters. The van der Waals surface area contributed by atoms with Crippen LogP contribution in [0, 0.1) is 12.3 Å². The van der Waals surface area contributed by atoms with Crippen LogP contribution in [-0.4, -0.2) is 10.8 Å². The molecular weight excluding hydrogens is 222 g/mol.